The molecule has 112 valence electrons. The van der Waals surface area contributed by atoms with E-state index in [2.05, 4.69) is 0 Å². The third kappa shape index (κ3) is 2.75. The van der Waals surface area contributed by atoms with Gasteiger partial charge in [-0.15, -0.1) is 0 Å². The number of aromatic hydroxyl groups is 1. The van der Waals surface area contributed by atoms with E-state index in [0.717, 1.165) is 35.1 Å². The first-order valence-electron chi connectivity index (χ1n) is 7.48. The second-order valence-corrected chi connectivity index (χ2v) is 5.32. The highest BCUT2D eigenvalue weighted by molar-refractivity contribution is 6.13. The highest BCUT2D eigenvalue weighted by Crippen LogP contribution is 2.30. The Morgan fingerprint density at radius 1 is 1.18 bits per heavy atom. The Hall–Kier alpha value is -2.55. The number of carbonyl (C=O) groups excluding carboxylic acids is 1. The van der Waals surface area contributed by atoms with Crippen LogP contribution in [0.4, 0.5) is 0 Å². The summed E-state index contributed by atoms with van der Waals surface area (Å²) in [5.74, 6) is 0.651. The number of fused-ring (bicyclic) bond motifs is 1. The predicted molar refractivity (Wildman–Crippen MR) is 86.3 cm³/mol. The molecular formula is C19H18O3. The first kappa shape index (κ1) is 14.4. The number of rotatable bonds is 3. The molecule has 22 heavy (non-hydrogen) atoms. The van der Waals surface area contributed by atoms with Crippen molar-refractivity contribution in [2.45, 2.75) is 19.8 Å². The number of ether oxygens (including phenoxy) is 1. The van der Waals surface area contributed by atoms with E-state index in [9.17, 15) is 9.90 Å². The maximum Gasteiger partial charge on any atom is 0.189 e. The topological polar surface area (TPSA) is 46.5 Å². The zero-order valence-electron chi connectivity index (χ0n) is 12.5. The number of phenolic OH excluding ortho intramolecular Hbond substituents is 1. The van der Waals surface area contributed by atoms with Crippen LogP contribution < -0.4 is 4.74 Å². The van der Waals surface area contributed by atoms with E-state index in [1.807, 2.05) is 37.3 Å². The first-order valence-corrected chi connectivity index (χ1v) is 7.48. The number of Topliss-reactive ketones (excluding diaryl/α,β-unsaturated/α-hetero) is 1. The smallest absolute Gasteiger partial charge is 0.189 e. The van der Waals surface area contributed by atoms with Gasteiger partial charge in [0.05, 0.1) is 6.61 Å². The molecule has 2 aromatic carbocycles. The molecule has 0 heterocycles. The zero-order chi connectivity index (χ0) is 15.5. The number of hydrogen-bond donors (Lipinski definition) is 1. The molecule has 0 aliphatic heterocycles. The molecule has 3 nitrogen and oxygen atoms in total. The van der Waals surface area contributed by atoms with E-state index in [4.69, 9.17) is 4.74 Å². The number of allylic oxidation sites excluding steroid dienone is 1. The van der Waals surface area contributed by atoms with E-state index in [1.165, 1.54) is 0 Å². The third-order valence-corrected chi connectivity index (χ3v) is 3.84. The lowest BCUT2D eigenvalue weighted by atomic mass is 9.86. The van der Waals surface area contributed by atoms with Crippen molar-refractivity contribution in [2.24, 2.45) is 0 Å². The Balaban J connectivity index is 1.93. The van der Waals surface area contributed by atoms with Crippen LogP contribution in [0.3, 0.4) is 0 Å². The lowest BCUT2D eigenvalue weighted by Gasteiger charge is -2.17. The van der Waals surface area contributed by atoms with Gasteiger partial charge in [-0.2, -0.15) is 0 Å². The number of carbonyl (C=O) groups is 1. The number of aryl methyl sites for hydroxylation is 1. The van der Waals surface area contributed by atoms with E-state index < -0.39 is 0 Å². The van der Waals surface area contributed by atoms with E-state index in [1.54, 1.807) is 18.2 Å². The Labute approximate surface area is 129 Å². The van der Waals surface area contributed by atoms with Crippen LogP contribution in [-0.4, -0.2) is 17.5 Å². The molecular weight excluding hydrogens is 276 g/mol. The van der Waals surface area contributed by atoms with Gasteiger partial charge < -0.3 is 9.84 Å². The van der Waals surface area contributed by atoms with Gasteiger partial charge in [0.2, 0.25) is 0 Å². The summed E-state index contributed by atoms with van der Waals surface area (Å²) in [6, 6.07) is 12.9. The van der Waals surface area contributed by atoms with Gasteiger partial charge >= 0.3 is 0 Å². The van der Waals surface area contributed by atoms with Crippen molar-refractivity contribution in [1.82, 2.24) is 0 Å². The number of phenols is 1. The Kier molecular flexibility index (Phi) is 3.96. The van der Waals surface area contributed by atoms with E-state index in [0.29, 0.717) is 12.4 Å². The third-order valence-electron chi connectivity index (χ3n) is 3.84. The van der Waals surface area contributed by atoms with Gasteiger partial charge in [0.25, 0.3) is 0 Å². The quantitative estimate of drug-likeness (QED) is 0.870. The molecule has 0 spiro atoms. The van der Waals surface area contributed by atoms with Crippen molar-refractivity contribution in [3.63, 3.8) is 0 Å². The van der Waals surface area contributed by atoms with Crippen LogP contribution in [0.5, 0.6) is 11.5 Å². The lowest BCUT2D eigenvalue weighted by Crippen LogP contribution is -2.13. The molecule has 0 fully saturated rings. The van der Waals surface area contributed by atoms with Crippen molar-refractivity contribution in [3.8, 4) is 11.5 Å². The molecule has 0 saturated carbocycles. The SMILES string of the molecule is CCOc1cc(/C=C2/CCc3ccccc3C2=O)ccc1O. The molecule has 0 radical (unpaired) electrons. The summed E-state index contributed by atoms with van der Waals surface area (Å²) in [6.45, 7) is 2.35. The molecule has 0 bridgehead atoms. The predicted octanol–water partition coefficient (Wildman–Crippen LogP) is 4.00. The van der Waals surface area contributed by atoms with Gasteiger partial charge in [-0.25, -0.2) is 0 Å². The molecule has 1 aliphatic rings. The van der Waals surface area contributed by atoms with E-state index in [-0.39, 0.29) is 11.5 Å². The summed E-state index contributed by atoms with van der Waals surface area (Å²) >= 11 is 0. The van der Waals surface area contributed by atoms with Crippen LogP contribution in [0.25, 0.3) is 6.08 Å². The molecule has 1 aliphatic carbocycles. The number of benzene rings is 2. The minimum atomic E-state index is 0.0906. The number of ketones is 1. The second kappa shape index (κ2) is 6.06. The molecule has 0 unspecified atom stereocenters. The van der Waals surface area contributed by atoms with Crippen LogP contribution in [0.15, 0.2) is 48.0 Å². The summed E-state index contributed by atoms with van der Waals surface area (Å²) < 4.78 is 5.39. The minimum Gasteiger partial charge on any atom is -0.504 e. The van der Waals surface area contributed by atoms with Crippen LogP contribution >= 0.6 is 0 Å². The molecule has 2 aromatic rings. The maximum atomic E-state index is 12.5. The largest absolute Gasteiger partial charge is 0.504 e. The van der Waals surface area contributed by atoms with Crippen molar-refractivity contribution in [3.05, 3.63) is 64.7 Å². The molecule has 3 rings (SSSR count). The van der Waals surface area contributed by atoms with Gasteiger partial charge in [0.1, 0.15) is 0 Å². The monoisotopic (exact) mass is 294 g/mol. The molecule has 0 saturated heterocycles. The van der Waals surface area contributed by atoms with Crippen LogP contribution in [0.1, 0.15) is 34.8 Å². The average molecular weight is 294 g/mol. The van der Waals surface area contributed by atoms with Gasteiger partial charge in [0, 0.05) is 11.1 Å². The Morgan fingerprint density at radius 2 is 2.00 bits per heavy atom. The van der Waals surface area contributed by atoms with Crippen molar-refractivity contribution in [1.29, 1.82) is 0 Å². The fraction of sp³-hybridized carbons (Fsp3) is 0.211. The van der Waals surface area contributed by atoms with Gasteiger partial charge in [0.15, 0.2) is 17.3 Å². The van der Waals surface area contributed by atoms with E-state index >= 15 is 0 Å². The van der Waals surface area contributed by atoms with Gasteiger partial charge in [-0.05, 0) is 49.1 Å². The molecule has 3 heteroatoms. The highest BCUT2D eigenvalue weighted by atomic mass is 16.5. The summed E-state index contributed by atoms with van der Waals surface area (Å²) in [5, 5.41) is 9.74. The fourth-order valence-electron chi connectivity index (χ4n) is 2.75. The Bertz CT molecular complexity index is 744. The van der Waals surface area contributed by atoms with Crippen LogP contribution in [0, 0.1) is 0 Å². The summed E-state index contributed by atoms with van der Waals surface area (Å²) in [5.41, 5.74) is 3.57. The summed E-state index contributed by atoms with van der Waals surface area (Å²) in [4.78, 5) is 12.5. The first-order chi connectivity index (χ1) is 10.7. The normalized spacial score (nSPS) is 15.7. The fourth-order valence-corrected chi connectivity index (χ4v) is 2.75. The maximum absolute atomic E-state index is 12.5. The second-order valence-electron chi connectivity index (χ2n) is 5.32. The highest BCUT2D eigenvalue weighted by Gasteiger charge is 2.21. The lowest BCUT2D eigenvalue weighted by molar-refractivity contribution is 0.102. The molecule has 0 atom stereocenters. The van der Waals surface area contributed by atoms with Gasteiger partial charge in [-0.3, -0.25) is 4.79 Å². The van der Waals surface area contributed by atoms with Crippen LogP contribution in [0.2, 0.25) is 0 Å². The molecule has 0 aromatic heterocycles. The average Bonchev–Trinajstić information content (AvgIpc) is 2.54. The molecule has 1 N–H and O–H groups in total. The van der Waals surface area contributed by atoms with Crippen molar-refractivity contribution < 1.29 is 14.6 Å². The number of hydrogen-bond acceptors (Lipinski definition) is 3. The van der Waals surface area contributed by atoms with Crippen molar-refractivity contribution >= 4 is 11.9 Å². The van der Waals surface area contributed by atoms with Crippen molar-refractivity contribution in [2.75, 3.05) is 6.61 Å². The molecule has 0 amide bonds. The zero-order valence-corrected chi connectivity index (χ0v) is 12.5. The minimum absolute atomic E-state index is 0.0906. The summed E-state index contributed by atoms with van der Waals surface area (Å²) in [7, 11) is 0. The van der Waals surface area contributed by atoms with Gasteiger partial charge in [-0.1, -0.05) is 30.3 Å². The Morgan fingerprint density at radius 3 is 2.82 bits per heavy atom. The summed E-state index contributed by atoms with van der Waals surface area (Å²) in [6.07, 6.45) is 3.51. The standard InChI is InChI=1S/C19H18O3/c1-2-22-18-12-13(7-10-17(18)20)11-15-9-8-14-5-3-4-6-16(14)19(15)21/h3-7,10-12,20H,2,8-9H2,1H3/b15-11-. The van der Waals surface area contributed by atoms with Crippen LogP contribution in [-0.2, 0) is 6.42 Å².